The highest BCUT2D eigenvalue weighted by Gasteiger charge is 1.97. The van der Waals surface area contributed by atoms with Crippen LogP contribution in [0, 0.1) is 17.8 Å². The minimum atomic E-state index is -0.664. The lowest BCUT2D eigenvalue weighted by molar-refractivity contribution is 0.588. The Morgan fingerprint density at radius 2 is 2.38 bits per heavy atom. The Morgan fingerprint density at radius 1 is 1.62 bits per heavy atom. The van der Waals surface area contributed by atoms with Crippen molar-refractivity contribution in [2.75, 3.05) is 11.6 Å². The smallest absolute Gasteiger partial charge is 0.236 e. The zero-order valence-corrected chi connectivity index (χ0v) is 7.61. The Bertz CT molecular complexity index is 354. The summed E-state index contributed by atoms with van der Waals surface area (Å²) in [6, 6.07) is 1.45. The van der Waals surface area contributed by atoms with Gasteiger partial charge in [0.05, 0.1) is 5.69 Å². The summed E-state index contributed by atoms with van der Waals surface area (Å²) in [5.74, 6) is 5.39. The van der Waals surface area contributed by atoms with Crippen LogP contribution in [0.3, 0.4) is 0 Å². The Hall–Kier alpha value is -1.27. The van der Waals surface area contributed by atoms with Gasteiger partial charge in [0.2, 0.25) is 5.95 Å². The van der Waals surface area contributed by atoms with Crippen LogP contribution in [-0.4, -0.2) is 10.9 Å². The van der Waals surface area contributed by atoms with E-state index in [1.807, 2.05) is 0 Å². The standard InChI is InChI=1S/C9H8ClFN2/c10-4-2-1-3-7-5-8(12)9(11)13-6-7/h5-6H,2,4,12H2. The average Bonchev–Trinajstić information content (AvgIpc) is 2.12. The van der Waals surface area contributed by atoms with Crippen LogP contribution in [0.5, 0.6) is 0 Å². The zero-order valence-electron chi connectivity index (χ0n) is 6.85. The first kappa shape index (κ1) is 9.82. The second-order valence-electron chi connectivity index (χ2n) is 2.34. The third-order valence-electron chi connectivity index (χ3n) is 1.32. The van der Waals surface area contributed by atoms with Gasteiger partial charge in [-0.15, -0.1) is 11.6 Å². The predicted octanol–water partition coefficient (Wildman–Crippen LogP) is 1.78. The van der Waals surface area contributed by atoms with Crippen LogP contribution in [0.15, 0.2) is 12.3 Å². The summed E-state index contributed by atoms with van der Waals surface area (Å²) in [7, 11) is 0. The van der Waals surface area contributed by atoms with E-state index in [1.165, 1.54) is 12.3 Å². The van der Waals surface area contributed by atoms with E-state index in [-0.39, 0.29) is 5.69 Å². The highest BCUT2D eigenvalue weighted by molar-refractivity contribution is 6.18. The summed E-state index contributed by atoms with van der Waals surface area (Å²) < 4.78 is 12.6. The average molecular weight is 199 g/mol. The topological polar surface area (TPSA) is 38.9 Å². The monoisotopic (exact) mass is 198 g/mol. The maximum absolute atomic E-state index is 12.6. The second kappa shape index (κ2) is 4.68. The van der Waals surface area contributed by atoms with Crippen LogP contribution in [0.25, 0.3) is 0 Å². The van der Waals surface area contributed by atoms with E-state index >= 15 is 0 Å². The minimum Gasteiger partial charge on any atom is -0.395 e. The van der Waals surface area contributed by atoms with Crippen LogP contribution in [-0.2, 0) is 0 Å². The molecule has 0 aliphatic heterocycles. The molecule has 1 heterocycles. The molecule has 1 rings (SSSR count). The van der Waals surface area contributed by atoms with Gasteiger partial charge in [0.1, 0.15) is 0 Å². The number of rotatable bonds is 1. The minimum absolute atomic E-state index is 0.0117. The van der Waals surface area contributed by atoms with E-state index in [4.69, 9.17) is 17.3 Å². The zero-order chi connectivity index (χ0) is 9.68. The molecule has 0 saturated carbocycles. The fourth-order valence-electron chi connectivity index (χ4n) is 0.745. The lowest BCUT2D eigenvalue weighted by Gasteiger charge is -1.94. The molecule has 0 aliphatic rings. The summed E-state index contributed by atoms with van der Waals surface area (Å²) in [6.07, 6.45) is 1.94. The van der Waals surface area contributed by atoms with E-state index in [0.717, 1.165) is 0 Å². The van der Waals surface area contributed by atoms with Gasteiger partial charge in [0, 0.05) is 24.1 Å². The van der Waals surface area contributed by atoms with Crippen LogP contribution in [0.1, 0.15) is 12.0 Å². The third kappa shape index (κ3) is 2.92. The molecule has 68 valence electrons. The van der Waals surface area contributed by atoms with Gasteiger partial charge in [-0.25, -0.2) is 4.98 Å². The Labute approximate surface area is 80.9 Å². The van der Waals surface area contributed by atoms with Crippen LogP contribution in [0.4, 0.5) is 10.1 Å². The molecular weight excluding hydrogens is 191 g/mol. The molecule has 2 nitrogen and oxygen atoms in total. The molecule has 0 atom stereocenters. The Balaban J connectivity index is 2.81. The molecule has 0 bridgehead atoms. The summed E-state index contributed by atoms with van der Waals surface area (Å²) >= 11 is 5.42. The number of anilines is 1. The van der Waals surface area contributed by atoms with Crippen molar-refractivity contribution in [2.45, 2.75) is 6.42 Å². The molecule has 0 radical (unpaired) electrons. The van der Waals surface area contributed by atoms with Crippen molar-refractivity contribution < 1.29 is 4.39 Å². The van der Waals surface area contributed by atoms with Crippen LogP contribution in [0.2, 0.25) is 0 Å². The van der Waals surface area contributed by atoms with Gasteiger partial charge in [-0.2, -0.15) is 4.39 Å². The highest BCUT2D eigenvalue weighted by atomic mass is 35.5. The summed E-state index contributed by atoms with van der Waals surface area (Å²) in [5, 5.41) is 0. The molecule has 0 spiro atoms. The van der Waals surface area contributed by atoms with E-state index < -0.39 is 5.95 Å². The number of halogens is 2. The number of alkyl halides is 1. The van der Waals surface area contributed by atoms with Crippen molar-refractivity contribution in [3.63, 3.8) is 0 Å². The van der Waals surface area contributed by atoms with E-state index in [0.29, 0.717) is 17.9 Å². The maximum atomic E-state index is 12.6. The van der Waals surface area contributed by atoms with Gasteiger partial charge in [0.25, 0.3) is 0 Å². The number of aromatic nitrogens is 1. The quantitative estimate of drug-likeness (QED) is 0.425. The van der Waals surface area contributed by atoms with Crippen molar-refractivity contribution in [1.29, 1.82) is 0 Å². The molecule has 0 aliphatic carbocycles. The lowest BCUT2D eigenvalue weighted by Crippen LogP contribution is -1.94. The van der Waals surface area contributed by atoms with Crippen molar-refractivity contribution in [3.8, 4) is 11.8 Å². The lowest BCUT2D eigenvalue weighted by atomic mass is 10.2. The van der Waals surface area contributed by atoms with Crippen LogP contribution < -0.4 is 5.73 Å². The van der Waals surface area contributed by atoms with Gasteiger partial charge < -0.3 is 5.73 Å². The summed E-state index contributed by atoms with van der Waals surface area (Å²) in [6.45, 7) is 0. The fourth-order valence-corrected chi connectivity index (χ4v) is 0.840. The van der Waals surface area contributed by atoms with Gasteiger partial charge in [0.15, 0.2) is 0 Å². The van der Waals surface area contributed by atoms with Crippen LogP contribution >= 0.6 is 11.6 Å². The van der Waals surface area contributed by atoms with Crippen molar-refractivity contribution >= 4 is 17.3 Å². The number of nitrogens with two attached hydrogens (primary N) is 1. The number of hydrogen-bond donors (Lipinski definition) is 1. The van der Waals surface area contributed by atoms with Gasteiger partial charge in [-0.3, -0.25) is 0 Å². The molecule has 0 saturated heterocycles. The molecule has 0 fully saturated rings. The highest BCUT2D eigenvalue weighted by Crippen LogP contribution is 2.07. The van der Waals surface area contributed by atoms with Crippen molar-refractivity contribution in [2.24, 2.45) is 0 Å². The molecule has 4 heteroatoms. The summed E-state index contributed by atoms with van der Waals surface area (Å²) in [5.41, 5.74) is 5.91. The van der Waals surface area contributed by atoms with Gasteiger partial charge in [-0.1, -0.05) is 11.8 Å². The van der Waals surface area contributed by atoms with E-state index in [2.05, 4.69) is 16.8 Å². The molecule has 1 aromatic rings. The van der Waals surface area contributed by atoms with E-state index in [9.17, 15) is 4.39 Å². The Kier molecular flexibility index (Phi) is 3.53. The largest absolute Gasteiger partial charge is 0.395 e. The number of pyridine rings is 1. The fraction of sp³-hybridized carbons (Fsp3) is 0.222. The van der Waals surface area contributed by atoms with Crippen molar-refractivity contribution in [1.82, 2.24) is 4.98 Å². The molecule has 0 aromatic carbocycles. The second-order valence-corrected chi connectivity index (χ2v) is 2.72. The van der Waals surface area contributed by atoms with Gasteiger partial charge >= 0.3 is 0 Å². The molecule has 1 aromatic heterocycles. The molecular formula is C9H8ClFN2. The summed E-state index contributed by atoms with van der Waals surface area (Å²) in [4.78, 5) is 3.43. The third-order valence-corrected chi connectivity index (χ3v) is 1.51. The van der Waals surface area contributed by atoms with Gasteiger partial charge in [-0.05, 0) is 6.07 Å². The SMILES string of the molecule is Nc1cc(C#CCCCl)cnc1F. The molecule has 0 amide bonds. The number of hydrogen-bond acceptors (Lipinski definition) is 2. The predicted molar refractivity (Wildman–Crippen MR) is 50.8 cm³/mol. The molecule has 13 heavy (non-hydrogen) atoms. The molecule has 2 N–H and O–H groups in total. The number of nitrogens with zero attached hydrogens (tertiary/aromatic N) is 1. The maximum Gasteiger partial charge on any atom is 0.236 e. The first-order valence-electron chi connectivity index (χ1n) is 3.70. The molecule has 0 unspecified atom stereocenters. The normalized spacial score (nSPS) is 9.08. The first-order chi connectivity index (χ1) is 6.24. The Morgan fingerprint density at radius 3 is 3.00 bits per heavy atom. The van der Waals surface area contributed by atoms with E-state index in [1.54, 1.807) is 0 Å². The van der Waals surface area contributed by atoms with Crippen molar-refractivity contribution in [3.05, 3.63) is 23.8 Å². The number of nitrogen functional groups attached to an aromatic ring is 1. The first-order valence-corrected chi connectivity index (χ1v) is 4.23.